The topological polar surface area (TPSA) is 16.4 Å². The van der Waals surface area contributed by atoms with Crippen LogP contribution in [0.3, 0.4) is 0 Å². The third-order valence-electron chi connectivity index (χ3n) is 12.3. The SMILES string of the molecule is c1ccc(-c2ccc(N(c3ccccc3)c3c4c(cc5oc6ccc(-c7ccccc7)cc6c35)C3(c5ccccc5-c5ccccc53)c3ccccc3-4)cc2)cc1. The maximum Gasteiger partial charge on any atom is 0.137 e. The summed E-state index contributed by atoms with van der Waals surface area (Å²) in [7, 11) is 0. The van der Waals surface area contributed by atoms with E-state index in [1.807, 2.05) is 0 Å². The molecule has 1 spiro atoms. The first-order chi connectivity index (χ1) is 28.3. The molecule has 0 amide bonds. The quantitative estimate of drug-likeness (QED) is 0.176. The molecule has 266 valence electrons. The second kappa shape index (κ2) is 12.3. The largest absolute Gasteiger partial charge is 0.456 e. The summed E-state index contributed by atoms with van der Waals surface area (Å²) in [6.07, 6.45) is 0. The van der Waals surface area contributed by atoms with Crippen molar-refractivity contribution in [3.05, 3.63) is 235 Å². The summed E-state index contributed by atoms with van der Waals surface area (Å²) in [6.45, 7) is 0. The normalized spacial score (nSPS) is 13.1. The highest BCUT2D eigenvalue weighted by atomic mass is 16.3. The van der Waals surface area contributed by atoms with E-state index in [0.717, 1.165) is 44.6 Å². The van der Waals surface area contributed by atoms with Crippen molar-refractivity contribution in [3.63, 3.8) is 0 Å². The van der Waals surface area contributed by atoms with E-state index in [4.69, 9.17) is 4.42 Å². The van der Waals surface area contributed by atoms with Crippen LogP contribution in [0, 0.1) is 0 Å². The van der Waals surface area contributed by atoms with Gasteiger partial charge in [0.25, 0.3) is 0 Å². The Bertz CT molecular complexity index is 3120. The summed E-state index contributed by atoms with van der Waals surface area (Å²) >= 11 is 0. The summed E-state index contributed by atoms with van der Waals surface area (Å²) in [5.74, 6) is 0. The van der Waals surface area contributed by atoms with Crippen LogP contribution in [0.4, 0.5) is 17.1 Å². The van der Waals surface area contributed by atoms with Gasteiger partial charge in [-0.15, -0.1) is 0 Å². The van der Waals surface area contributed by atoms with Gasteiger partial charge in [-0.1, -0.05) is 170 Å². The number of para-hydroxylation sites is 1. The third kappa shape index (κ3) is 4.53. The molecule has 0 aliphatic heterocycles. The number of nitrogens with zero attached hydrogens (tertiary/aromatic N) is 1. The van der Waals surface area contributed by atoms with E-state index in [2.05, 4.69) is 217 Å². The zero-order chi connectivity index (χ0) is 37.5. The molecule has 0 saturated heterocycles. The molecule has 0 atom stereocenters. The van der Waals surface area contributed by atoms with Crippen LogP contribution in [0.5, 0.6) is 0 Å². The molecule has 0 bridgehead atoms. The van der Waals surface area contributed by atoms with Gasteiger partial charge in [-0.3, -0.25) is 0 Å². The van der Waals surface area contributed by atoms with Crippen LogP contribution in [-0.2, 0) is 5.41 Å². The van der Waals surface area contributed by atoms with Crippen LogP contribution < -0.4 is 4.90 Å². The Morgan fingerprint density at radius 1 is 0.351 bits per heavy atom. The molecular formula is C55H35NO. The van der Waals surface area contributed by atoms with Crippen LogP contribution in [0.2, 0.25) is 0 Å². The maximum atomic E-state index is 7.06. The van der Waals surface area contributed by atoms with Gasteiger partial charge in [0.2, 0.25) is 0 Å². The lowest BCUT2D eigenvalue weighted by atomic mass is 9.70. The third-order valence-corrected chi connectivity index (χ3v) is 12.3. The Kier molecular flexibility index (Phi) is 6.88. The van der Waals surface area contributed by atoms with Gasteiger partial charge < -0.3 is 9.32 Å². The molecule has 2 nitrogen and oxygen atoms in total. The fraction of sp³-hybridized carbons (Fsp3) is 0.0182. The van der Waals surface area contributed by atoms with E-state index in [1.54, 1.807) is 0 Å². The molecule has 0 N–H and O–H groups in total. The Hall–Kier alpha value is -7.42. The maximum absolute atomic E-state index is 7.06. The minimum Gasteiger partial charge on any atom is -0.456 e. The van der Waals surface area contributed by atoms with Crippen molar-refractivity contribution in [1.29, 1.82) is 0 Å². The lowest BCUT2D eigenvalue weighted by Gasteiger charge is -2.32. The monoisotopic (exact) mass is 725 g/mol. The van der Waals surface area contributed by atoms with Crippen LogP contribution >= 0.6 is 0 Å². The molecule has 0 saturated carbocycles. The lowest BCUT2D eigenvalue weighted by Crippen LogP contribution is -2.26. The van der Waals surface area contributed by atoms with Gasteiger partial charge in [-0.25, -0.2) is 0 Å². The highest BCUT2D eigenvalue weighted by Gasteiger charge is 2.53. The van der Waals surface area contributed by atoms with E-state index in [-0.39, 0.29) is 0 Å². The Morgan fingerprint density at radius 2 is 0.825 bits per heavy atom. The summed E-state index contributed by atoms with van der Waals surface area (Å²) in [5.41, 5.74) is 19.4. The van der Waals surface area contributed by atoms with Crippen molar-refractivity contribution in [2.45, 2.75) is 5.41 Å². The van der Waals surface area contributed by atoms with Crippen molar-refractivity contribution < 1.29 is 4.42 Å². The van der Waals surface area contributed by atoms with Crippen molar-refractivity contribution in [2.24, 2.45) is 0 Å². The molecule has 0 fully saturated rings. The first-order valence-electron chi connectivity index (χ1n) is 19.7. The fourth-order valence-electron chi connectivity index (χ4n) is 9.93. The molecule has 1 heterocycles. The summed E-state index contributed by atoms with van der Waals surface area (Å²) < 4.78 is 7.06. The molecule has 0 radical (unpaired) electrons. The zero-order valence-corrected chi connectivity index (χ0v) is 31.1. The van der Waals surface area contributed by atoms with E-state index < -0.39 is 5.41 Å². The number of anilines is 3. The van der Waals surface area contributed by atoms with Crippen LogP contribution in [0.1, 0.15) is 22.3 Å². The lowest BCUT2D eigenvalue weighted by molar-refractivity contribution is 0.666. The fourth-order valence-corrected chi connectivity index (χ4v) is 9.93. The molecule has 12 rings (SSSR count). The van der Waals surface area contributed by atoms with Gasteiger partial charge in [-0.2, -0.15) is 0 Å². The van der Waals surface area contributed by atoms with Crippen LogP contribution in [0.15, 0.2) is 217 Å². The predicted molar refractivity (Wildman–Crippen MR) is 236 cm³/mol. The zero-order valence-electron chi connectivity index (χ0n) is 31.1. The number of fused-ring (bicyclic) bond motifs is 13. The predicted octanol–water partition coefficient (Wildman–Crippen LogP) is 14.7. The van der Waals surface area contributed by atoms with E-state index in [0.29, 0.717) is 0 Å². The average Bonchev–Trinajstić information content (AvgIpc) is 3.91. The number of rotatable bonds is 5. The first kappa shape index (κ1) is 31.9. The molecule has 9 aromatic carbocycles. The second-order valence-corrected chi connectivity index (χ2v) is 15.2. The van der Waals surface area contributed by atoms with Crippen molar-refractivity contribution in [2.75, 3.05) is 4.90 Å². The summed E-state index contributed by atoms with van der Waals surface area (Å²) in [4.78, 5) is 2.47. The highest BCUT2D eigenvalue weighted by molar-refractivity contribution is 6.20. The average molecular weight is 726 g/mol. The van der Waals surface area contributed by atoms with Crippen molar-refractivity contribution >= 4 is 39.0 Å². The second-order valence-electron chi connectivity index (χ2n) is 15.2. The molecule has 2 aliphatic carbocycles. The van der Waals surface area contributed by atoms with Gasteiger partial charge in [0.15, 0.2) is 0 Å². The van der Waals surface area contributed by atoms with Gasteiger partial charge >= 0.3 is 0 Å². The smallest absolute Gasteiger partial charge is 0.137 e. The highest BCUT2D eigenvalue weighted by Crippen LogP contribution is 2.66. The first-order valence-corrected chi connectivity index (χ1v) is 19.7. The van der Waals surface area contributed by atoms with E-state index >= 15 is 0 Å². The van der Waals surface area contributed by atoms with Gasteiger partial charge in [0.1, 0.15) is 11.2 Å². The number of hydrogen-bond acceptors (Lipinski definition) is 2. The molecule has 2 heteroatoms. The Labute approximate surface area is 331 Å². The minimum absolute atomic E-state index is 0.532. The standard InChI is InChI=1S/C55H35NO/c1-4-16-36(17-5-1)38-28-31-41(32-29-38)56(40-20-8-3-9-21-40)54-52-44-24-12-15-27-48(44)55(46-25-13-10-22-42(46)43-23-11-14-26-47(43)55)49(52)35-51-53(54)45-34-39(30-33-50(45)57-51)37-18-6-2-7-19-37/h1-35H. The number of furan rings is 1. The molecule has 1 aromatic heterocycles. The van der Waals surface area contributed by atoms with Crippen molar-refractivity contribution in [3.8, 4) is 44.5 Å². The van der Waals surface area contributed by atoms with Crippen molar-refractivity contribution in [1.82, 2.24) is 0 Å². The van der Waals surface area contributed by atoms with E-state index in [1.165, 1.54) is 61.2 Å². The van der Waals surface area contributed by atoms with Gasteiger partial charge in [-0.05, 0) is 104 Å². The Balaban J connectivity index is 1.24. The number of hydrogen-bond donors (Lipinski definition) is 0. The molecule has 0 unspecified atom stereocenters. The van der Waals surface area contributed by atoms with E-state index in [9.17, 15) is 0 Å². The molecule has 57 heavy (non-hydrogen) atoms. The molecule has 2 aliphatic rings. The Morgan fingerprint density at radius 3 is 1.46 bits per heavy atom. The van der Waals surface area contributed by atoms with Crippen LogP contribution in [-0.4, -0.2) is 0 Å². The van der Waals surface area contributed by atoms with Gasteiger partial charge in [0, 0.05) is 22.3 Å². The molecular weight excluding hydrogens is 691 g/mol. The minimum atomic E-state index is -0.532. The summed E-state index contributed by atoms with van der Waals surface area (Å²) in [5, 5.41) is 2.19. The number of benzene rings is 9. The summed E-state index contributed by atoms with van der Waals surface area (Å²) in [6, 6.07) is 77.3. The van der Waals surface area contributed by atoms with Crippen LogP contribution in [0.25, 0.3) is 66.4 Å². The van der Waals surface area contributed by atoms with Gasteiger partial charge in [0.05, 0.1) is 16.5 Å². The molecule has 10 aromatic rings.